The molecule has 3 heterocycles. The van der Waals surface area contributed by atoms with E-state index in [-0.39, 0.29) is 11.8 Å². The molecule has 140 valence electrons. The maximum atomic E-state index is 12.5. The quantitative estimate of drug-likeness (QED) is 0.821. The molecule has 0 saturated carbocycles. The van der Waals surface area contributed by atoms with Gasteiger partial charge in [0.2, 0.25) is 0 Å². The Labute approximate surface area is 162 Å². The number of morpholine rings is 1. The third kappa shape index (κ3) is 4.04. The Balaban J connectivity index is 0.000000948. The first-order valence-electron chi connectivity index (χ1n) is 8.67. The lowest BCUT2D eigenvalue weighted by Crippen LogP contribution is -2.35. The molecule has 2 aliphatic heterocycles. The minimum absolute atomic E-state index is 0.0472. The van der Waals surface area contributed by atoms with E-state index in [9.17, 15) is 4.79 Å². The Hall–Kier alpha value is -1.60. The lowest BCUT2D eigenvalue weighted by Gasteiger charge is -2.27. The summed E-state index contributed by atoms with van der Waals surface area (Å²) in [4.78, 5) is 15.6. The highest BCUT2D eigenvalue weighted by atomic mass is 35.5. The number of nitrogens with zero attached hydrogens (tertiary/aromatic N) is 1. The van der Waals surface area contributed by atoms with Crippen molar-refractivity contribution in [1.29, 1.82) is 0 Å². The summed E-state index contributed by atoms with van der Waals surface area (Å²) in [7, 11) is 1.00. The van der Waals surface area contributed by atoms with Crippen molar-refractivity contribution < 1.29 is 14.6 Å². The number of benzene rings is 1. The number of hydrogen-bond acceptors (Lipinski definition) is 5. The van der Waals surface area contributed by atoms with Crippen LogP contribution in [0.4, 0.5) is 5.00 Å². The number of thiophene rings is 1. The van der Waals surface area contributed by atoms with Crippen molar-refractivity contribution in [3.8, 4) is 0 Å². The van der Waals surface area contributed by atoms with Gasteiger partial charge in [0.25, 0.3) is 5.91 Å². The molecule has 0 aliphatic carbocycles. The second-order valence-electron chi connectivity index (χ2n) is 6.12. The number of halogens is 1. The third-order valence-electron chi connectivity index (χ3n) is 4.64. The summed E-state index contributed by atoms with van der Waals surface area (Å²) in [6.45, 7) is 3.95. The van der Waals surface area contributed by atoms with E-state index >= 15 is 0 Å². The molecule has 1 saturated heterocycles. The van der Waals surface area contributed by atoms with Gasteiger partial charge in [-0.05, 0) is 35.7 Å². The maximum Gasteiger partial charge on any atom is 0.261 e. The molecule has 0 radical (unpaired) electrons. The fraction of sp³-hybridized carbons (Fsp3) is 0.421. The summed E-state index contributed by atoms with van der Waals surface area (Å²) < 4.78 is 5.44. The van der Waals surface area contributed by atoms with E-state index < -0.39 is 0 Å². The molecule has 2 N–H and O–H groups in total. The molecular formula is C19H23ClN2O3S. The summed E-state index contributed by atoms with van der Waals surface area (Å²) in [5, 5.41) is 11.9. The monoisotopic (exact) mass is 394 g/mol. The van der Waals surface area contributed by atoms with Gasteiger partial charge < -0.3 is 20.1 Å². The largest absolute Gasteiger partial charge is 0.400 e. The minimum atomic E-state index is 0.0472. The van der Waals surface area contributed by atoms with E-state index in [2.05, 4.69) is 28.4 Å². The highest BCUT2D eigenvalue weighted by Crippen LogP contribution is 2.40. The van der Waals surface area contributed by atoms with Gasteiger partial charge in [0.1, 0.15) is 0 Å². The molecule has 26 heavy (non-hydrogen) atoms. The van der Waals surface area contributed by atoms with Gasteiger partial charge in [0.05, 0.1) is 23.1 Å². The lowest BCUT2D eigenvalue weighted by molar-refractivity contribution is 0.0960. The second kappa shape index (κ2) is 8.86. The average Bonchev–Trinajstić information content (AvgIpc) is 3.07. The van der Waals surface area contributed by atoms with Crippen LogP contribution in [0.3, 0.4) is 0 Å². The molecule has 1 aromatic heterocycles. The zero-order chi connectivity index (χ0) is 18.5. The van der Waals surface area contributed by atoms with Crippen LogP contribution >= 0.6 is 22.9 Å². The van der Waals surface area contributed by atoms with Crippen molar-refractivity contribution >= 4 is 33.8 Å². The van der Waals surface area contributed by atoms with Crippen molar-refractivity contribution in [3.05, 3.63) is 51.4 Å². The van der Waals surface area contributed by atoms with E-state index in [0.717, 1.165) is 55.3 Å². The molecule has 1 aromatic carbocycles. The average molecular weight is 395 g/mol. The van der Waals surface area contributed by atoms with Gasteiger partial charge >= 0.3 is 0 Å². The van der Waals surface area contributed by atoms with Crippen LogP contribution in [0.15, 0.2) is 30.3 Å². The Morgan fingerprint density at radius 3 is 2.62 bits per heavy atom. The number of hydrogen-bond donors (Lipinski definition) is 2. The van der Waals surface area contributed by atoms with Crippen molar-refractivity contribution in [3.63, 3.8) is 0 Å². The van der Waals surface area contributed by atoms with Gasteiger partial charge in [-0.1, -0.05) is 23.7 Å². The number of amides is 1. The molecule has 1 atom stereocenters. The number of ether oxygens (including phenoxy) is 1. The lowest BCUT2D eigenvalue weighted by atomic mass is 9.89. The summed E-state index contributed by atoms with van der Waals surface area (Å²) in [5.41, 5.74) is 2.35. The van der Waals surface area contributed by atoms with Crippen molar-refractivity contribution in [2.24, 2.45) is 0 Å². The zero-order valence-electron chi connectivity index (χ0n) is 14.7. The summed E-state index contributed by atoms with van der Waals surface area (Å²) in [6.07, 6.45) is 0.902. The molecule has 7 heteroatoms. The summed E-state index contributed by atoms with van der Waals surface area (Å²) >= 11 is 7.63. The summed E-state index contributed by atoms with van der Waals surface area (Å²) in [6, 6.07) is 10.2. The maximum absolute atomic E-state index is 12.5. The fourth-order valence-corrected chi connectivity index (χ4v) is 4.69. The number of nitrogens with one attached hydrogen (secondary N) is 1. The van der Waals surface area contributed by atoms with Crippen molar-refractivity contribution in [1.82, 2.24) is 5.32 Å². The molecule has 1 fully saturated rings. The molecule has 0 spiro atoms. The fourth-order valence-electron chi connectivity index (χ4n) is 3.37. The minimum Gasteiger partial charge on any atom is -0.400 e. The van der Waals surface area contributed by atoms with Crippen molar-refractivity contribution in [2.45, 2.75) is 12.3 Å². The number of aliphatic hydroxyl groups excluding tert-OH is 1. The highest BCUT2D eigenvalue weighted by molar-refractivity contribution is 7.18. The number of carbonyl (C=O) groups is 1. The van der Waals surface area contributed by atoms with Crippen LogP contribution in [0.1, 0.15) is 33.1 Å². The number of rotatable bonds is 2. The van der Waals surface area contributed by atoms with Crippen LogP contribution < -0.4 is 10.2 Å². The van der Waals surface area contributed by atoms with Gasteiger partial charge in [-0.2, -0.15) is 0 Å². The molecule has 5 nitrogen and oxygen atoms in total. The molecule has 1 amide bonds. The molecule has 1 unspecified atom stereocenters. The van der Waals surface area contributed by atoms with Gasteiger partial charge in [-0.25, -0.2) is 0 Å². The van der Waals surface area contributed by atoms with Crippen LogP contribution in [-0.4, -0.2) is 51.0 Å². The van der Waals surface area contributed by atoms with Gasteiger partial charge in [-0.15, -0.1) is 11.3 Å². The van der Waals surface area contributed by atoms with Gasteiger partial charge in [0, 0.05) is 37.7 Å². The third-order valence-corrected chi connectivity index (χ3v) is 6.11. The Morgan fingerprint density at radius 1 is 1.23 bits per heavy atom. The summed E-state index contributed by atoms with van der Waals surface area (Å²) in [5.74, 6) is 0.272. The number of carbonyl (C=O) groups excluding carboxylic acids is 1. The van der Waals surface area contributed by atoms with E-state index in [4.69, 9.17) is 21.4 Å². The predicted octanol–water partition coefficient (Wildman–Crippen LogP) is 3.11. The van der Waals surface area contributed by atoms with Crippen LogP contribution in [-0.2, 0) is 4.74 Å². The van der Waals surface area contributed by atoms with Crippen LogP contribution in [0.5, 0.6) is 0 Å². The normalized spacial score (nSPS) is 19.7. The Kier molecular flexibility index (Phi) is 6.53. The first-order chi connectivity index (χ1) is 12.7. The van der Waals surface area contributed by atoms with E-state index in [1.165, 1.54) is 10.6 Å². The van der Waals surface area contributed by atoms with Crippen LogP contribution in [0, 0.1) is 0 Å². The second-order valence-corrected chi connectivity index (χ2v) is 7.58. The smallest absolute Gasteiger partial charge is 0.261 e. The highest BCUT2D eigenvalue weighted by Gasteiger charge is 2.28. The van der Waals surface area contributed by atoms with Gasteiger partial charge in [-0.3, -0.25) is 4.79 Å². The van der Waals surface area contributed by atoms with E-state index in [0.29, 0.717) is 6.54 Å². The standard InChI is InChI=1S/C18H19ClN2O2S.CH4O/c19-13-3-1-12(2-4-13)14-5-6-20-18(22)17-15(14)11-16(24-17)21-7-9-23-10-8-21;1-2/h1-4,11,14H,5-10H2,(H,20,22);2H,1H3. The Bertz CT molecular complexity index is 742. The first-order valence-corrected chi connectivity index (χ1v) is 9.86. The number of aliphatic hydroxyl groups is 1. The van der Waals surface area contributed by atoms with Gasteiger partial charge in [0.15, 0.2) is 0 Å². The van der Waals surface area contributed by atoms with Crippen molar-refractivity contribution in [2.75, 3.05) is 44.9 Å². The molecule has 2 aromatic rings. The Morgan fingerprint density at radius 2 is 1.92 bits per heavy atom. The molecular weight excluding hydrogens is 372 g/mol. The molecule has 4 rings (SSSR count). The van der Waals surface area contributed by atoms with Crippen LogP contribution in [0.25, 0.3) is 0 Å². The zero-order valence-corrected chi connectivity index (χ0v) is 16.3. The number of anilines is 1. The van der Waals surface area contributed by atoms with Crippen LogP contribution in [0.2, 0.25) is 5.02 Å². The van der Waals surface area contributed by atoms with E-state index in [1.54, 1.807) is 11.3 Å². The molecule has 2 aliphatic rings. The van der Waals surface area contributed by atoms with E-state index in [1.807, 2.05) is 12.1 Å². The SMILES string of the molecule is CO.O=C1NCCC(c2ccc(Cl)cc2)c2cc(N3CCOCC3)sc21. The molecule has 0 bridgehead atoms. The number of fused-ring (bicyclic) bond motifs is 1. The predicted molar refractivity (Wildman–Crippen MR) is 106 cm³/mol. The first kappa shape index (κ1) is 19.2. The topological polar surface area (TPSA) is 61.8 Å².